The molecule has 0 saturated heterocycles. The lowest BCUT2D eigenvalue weighted by molar-refractivity contribution is -0.140. The van der Waals surface area contributed by atoms with E-state index in [2.05, 4.69) is 20.5 Å². The second-order valence-electron chi connectivity index (χ2n) is 8.56. The van der Waals surface area contributed by atoms with Crippen molar-refractivity contribution >= 4 is 28.3 Å². The number of nitrogens with one attached hydrogen (secondary N) is 2. The molecule has 3 heterocycles. The quantitative estimate of drug-likeness (QED) is 0.426. The summed E-state index contributed by atoms with van der Waals surface area (Å²) in [5.41, 5.74) is -0.212. The van der Waals surface area contributed by atoms with Crippen LogP contribution in [0.15, 0.2) is 42.6 Å². The predicted octanol–water partition coefficient (Wildman–Crippen LogP) is 4.55. The number of amides is 1. The number of anilines is 1. The Kier molecular flexibility index (Phi) is 5.41. The largest absolute Gasteiger partial charge is 0.434 e. The molecule has 2 N–H and O–H groups in total. The van der Waals surface area contributed by atoms with Crippen molar-refractivity contribution in [3.8, 4) is 0 Å². The summed E-state index contributed by atoms with van der Waals surface area (Å²) in [5, 5.41) is 9.77. The van der Waals surface area contributed by atoms with Crippen LogP contribution < -0.4 is 10.2 Å². The van der Waals surface area contributed by atoms with Gasteiger partial charge in [-0.2, -0.15) is 18.3 Å². The lowest BCUT2D eigenvalue weighted by atomic mass is 9.90. The molecular formula is C23H22F4N6O. The standard InChI is InChI=1S/C23H22F4N6O/c1-32(19-7-3-6-18-29-17(12-33(18)19)23(25,26)27)14-10-8-13(9-11-14)28-22(34)21-20-15(24)4-2-5-16(20)30-31-21/h2-7,12-14H,8-11H2,1H3,(H,28,34)(H,30,31). The first kappa shape index (κ1) is 22.2. The Morgan fingerprint density at radius 2 is 1.88 bits per heavy atom. The van der Waals surface area contributed by atoms with Crippen LogP contribution >= 0.6 is 0 Å². The number of H-pyrrole nitrogens is 1. The first-order valence-electron chi connectivity index (χ1n) is 10.9. The molecule has 5 rings (SSSR count). The summed E-state index contributed by atoms with van der Waals surface area (Å²) in [6.07, 6.45) is -0.678. The van der Waals surface area contributed by atoms with E-state index in [0.29, 0.717) is 24.2 Å². The van der Waals surface area contributed by atoms with E-state index >= 15 is 0 Å². The van der Waals surface area contributed by atoms with E-state index in [0.717, 1.165) is 19.0 Å². The lowest BCUT2D eigenvalue weighted by Crippen LogP contribution is -2.43. The van der Waals surface area contributed by atoms with E-state index in [1.807, 2.05) is 11.9 Å². The molecule has 0 atom stereocenters. The van der Waals surface area contributed by atoms with Crippen LogP contribution in [0.25, 0.3) is 16.6 Å². The molecule has 7 nitrogen and oxygen atoms in total. The van der Waals surface area contributed by atoms with Gasteiger partial charge in [0.25, 0.3) is 5.91 Å². The number of carbonyl (C=O) groups is 1. The molecule has 3 aromatic heterocycles. The number of hydrogen-bond acceptors (Lipinski definition) is 4. The summed E-state index contributed by atoms with van der Waals surface area (Å²) in [7, 11) is 1.85. The molecule has 0 spiro atoms. The molecule has 1 fully saturated rings. The predicted molar refractivity (Wildman–Crippen MR) is 118 cm³/mol. The number of fused-ring (bicyclic) bond motifs is 2. The van der Waals surface area contributed by atoms with Crippen molar-refractivity contribution in [3.63, 3.8) is 0 Å². The van der Waals surface area contributed by atoms with Crippen LogP contribution in [0.5, 0.6) is 0 Å². The Labute approximate surface area is 191 Å². The molecule has 11 heteroatoms. The molecule has 4 aromatic rings. The van der Waals surface area contributed by atoms with Crippen LogP contribution in [0.2, 0.25) is 0 Å². The lowest BCUT2D eigenvalue weighted by Gasteiger charge is -2.36. The van der Waals surface area contributed by atoms with Gasteiger partial charge < -0.3 is 10.2 Å². The second kappa shape index (κ2) is 8.30. The summed E-state index contributed by atoms with van der Waals surface area (Å²) in [4.78, 5) is 18.4. The van der Waals surface area contributed by atoms with Crippen molar-refractivity contribution in [1.82, 2.24) is 24.9 Å². The van der Waals surface area contributed by atoms with Crippen molar-refractivity contribution in [1.29, 1.82) is 0 Å². The molecule has 1 aliphatic carbocycles. The number of alkyl halides is 3. The van der Waals surface area contributed by atoms with Gasteiger partial charge in [0.2, 0.25) is 0 Å². The average Bonchev–Trinajstić information content (AvgIpc) is 3.44. The third kappa shape index (κ3) is 3.95. The number of pyridine rings is 1. The molecule has 178 valence electrons. The summed E-state index contributed by atoms with van der Waals surface area (Å²) >= 11 is 0. The molecule has 0 bridgehead atoms. The Bertz CT molecular complexity index is 1350. The van der Waals surface area contributed by atoms with Gasteiger partial charge in [0, 0.05) is 25.3 Å². The number of rotatable bonds is 4. The number of carbonyl (C=O) groups excluding carboxylic acids is 1. The number of aromatic nitrogens is 4. The molecule has 1 aromatic carbocycles. The van der Waals surface area contributed by atoms with Gasteiger partial charge in [0.05, 0.1) is 10.9 Å². The van der Waals surface area contributed by atoms with Crippen molar-refractivity contribution in [2.75, 3.05) is 11.9 Å². The number of halogens is 4. The van der Waals surface area contributed by atoms with Gasteiger partial charge in [-0.1, -0.05) is 12.1 Å². The van der Waals surface area contributed by atoms with E-state index < -0.39 is 23.6 Å². The van der Waals surface area contributed by atoms with Gasteiger partial charge in [0.15, 0.2) is 11.4 Å². The third-order valence-corrected chi connectivity index (χ3v) is 6.46. The van der Waals surface area contributed by atoms with Crippen LogP contribution in [-0.2, 0) is 6.18 Å². The van der Waals surface area contributed by atoms with Gasteiger partial charge in [-0.15, -0.1) is 0 Å². The highest BCUT2D eigenvalue weighted by atomic mass is 19.4. The number of aromatic amines is 1. The highest BCUT2D eigenvalue weighted by Crippen LogP contribution is 2.32. The molecule has 0 unspecified atom stereocenters. The Morgan fingerprint density at radius 3 is 2.62 bits per heavy atom. The zero-order valence-electron chi connectivity index (χ0n) is 18.2. The molecule has 0 aliphatic heterocycles. The Balaban J connectivity index is 1.26. The SMILES string of the molecule is CN(c1cccc2nc(C(F)(F)F)cn12)C1CCC(NC(=O)c2n[nH]c3cccc(F)c23)CC1. The fourth-order valence-corrected chi connectivity index (χ4v) is 4.66. The van der Waals surface area contributed by atoms with Crippen molar-refractivity contribution in [2.24, 2.45) is 0 Å². The molecule has 0 radical (unpaired) electrons. The fraction of sp³-hybridized carbons (Fsp3) is 0.348. The first-order chi connectivity index (χ1) is 16.2. The zero-order valence-corrected chi connectivity index (χ0v) is 18.2. The van der Waals surface area contributed by atoms with E-state index in [1.165, 1.54) is 10.5 Å². The number of imidazole rings is 1. The normalized spacial score (nSPS) is 19.0. The smallest absolute Gasteiger partial charge is 0.358 e. The summed E-state index contributed by atoms with van der Waals surface area (Å²) in [5.74, 6) is -0.327. The van der Waals surface area contributed by atoms with Gasteiger partial charge in [-0.05, 0) is 49.9 Å². The zero-order chi connectivity index (χ0) is 24.0. The maximum atomic E-state index is 14.2. The number of benzene rings is 1. The molecule has 1 saturated carbocycles. The first-order valence-corrected chi connectivity index (χ1v) is 10.9. The van der Waals surface area contributed by atoms with E-state index in [1.54, 1.807) is 30.3 Å². The Morgan fingerprint density at radius 1 is 1.15 bits per heavy atom. The van der Waals surface area contributed by atoms with Crippen molar-refractivity contribution in [2.45, 2.75) is 43.9 Å². The molecular weight excluding hydrogens is 452 g/mol. The molecule has 34 heavy (non-hydrogen) atoms. The van der Waals surface area contributed by atoms with Crippen LogP contribution in [0.1, 0.15) is 41.9 Å². The van der Waals surface area contributed by atoms with Crippen LogP contribution in [-0.4, -0.2) is 44.6 Å². The van der Waals surface area contributed by atoms with E-state index in [4.69, 9.17) is 0 Å². The fourth-order valence-electron chi connectivity index (χ4n) is 4.66. The van der Waals surface area contributed by atoms with Gasteiger partial charge in [0.1, 0.15) is 17.3 Å². The highest BCUT2D eigenvalue weighted by Gasteiger charge is 2.34. The average molecular weight is 474 g/mol. The third-order valence-electron chi connectivity index (χ3n) is 6.46. The molecule has 1 amide bonds. The minimum atomic E-state index is -4.51. The van der Waals surface area contributed by atoms with E-state index in [9.17, 15) is 22.4 Å². The summed E-state index contributed by atoms with van der Waals surface area (Å²) in [6.45, 7) is 0. The highest BCUT2D eigenvalue weighted by molar-refractivity contribution is 6.04. The monoisotopic (exact) mass is 474 g/mol. The maximum absolute atomic E-state index is 14.2. The van der Waals surface area contributed by atoms with Crippen LogP contribution in [0, 0.1) is 5.82 Å². The minimum Gasteiger partial charge on any atom is -0.358 e. The number of nitrogens with zero attached hydrogens (tertiary/aromatic N) is 4. The van der Waals surface area contributed by atoms with Crippen molar-refractivity contribution < 1.29 is 22.4 Å². The minimum absolute atomic E-state index is 0.0274. The molecule has 1 aliphatic rings. The van der Waals surface area contributed by atoms with Crippen LogP contribution in [0.3, 0.4) is 0 Å². The topological polar surface area (TPSA) is 78.3 Å². The van der Waals surface area contributed by atoms with Gasteiger partial charge in [-0.25, -0.2) is 9.37 Å². The van der Waals surface area contributed by atoms with E-state index in [-0.39, 0.29) is 28.8 Å². The maximum Gasteiger partial charge on any atom is 0.434 e. The van der Waals surface area contributed by atoms with Crippen LogP contribution in [0.4, 0.5) is 23.4 Å². The summed E-state index contributed by atoms with van der Waals surface area (Å²) < 4.78 is 55.0. The second-order valence-corrected chi connectivity index (χ2v) is 8.56. The summed E-state index contributed by atoms with van der Waals surface area (Å²) in [6, 6.07) is 9.46. The Hall–Kier alpha value is -3.63. The number of hydrogen-bond donors (Lipinski definition) is 2. The van der Waals surface area contributed by atoms with Crippen molar-refractivity contribution in [3.05, 3.63) is 59.8 Å². The van der Waals surface area contributed by atoms with Gasteiger partial charge in [-0.3, -0.25) is 14.3 Å². The van der Waals surface area contributed by atoms with Gasteiger partial charge >= 0.3 is 6.18 Å².